The summed E-state index contributed by atoms with van der Waals surface area (Å²) in [6.45, 7) is 4.19. The smallest absolute Gasteiger partial charge is 0.243 e. The van der Waals surface area contributed by atoms with Crippen LogP contribution in [-0.2, 0) is 10.0 Å². The highest BCUT2D eigenvalue weighted by atomic mass is 35.5. The molecule has 9 heteroatoms. The summed E-state index contributed by atoms with van der Waals surface area (Å²) in [6.07, 6.45) is 1.22. The molecule has 2 aliphatic rings. The Labute approximate surface area is 241 Å². The minimum Gasteiger partial charge on any atom is -0.390 e. The topological polar surface area (TPSA) is 64.1 Å². The Morgan fingerprint density at radius 1 is 0.846 bits per heavy atom. The average Bonchev–Trinajstić information content (AvgIpc) is 3.76. The lowest BCUT2D eigenvalue weighted by Gasteiger charge is -2.40. The molecule has 0 aromatic heterocycles. The summed E-state index contributed by atoms with van der Waals surface area (Å²) in [5.74, 6) is 0.339. The van der Waals surface area contributed by atoms with Gasteiger partial charge < -0.3 is 5.11 Å². The van der Waals surface area contributed by atoms with Crippen LogP contribution in [0.3, 0.4) is 0 Å². The summed E-state index contributed by atoms with van der Waals surface area (Å²) < 4.78 is 28.4. The molecule has 1 saturated heterocycles. The number of aliphatic hydroxyl groups excluding tert-OH is 1. The first-order valence-corrected chi connectivity index (χ1v) is 15.7. The van der Waals surface area contributed by atoms with E-state index in [-0.39, 0.29) is 22.5 Å². The highest BCUT2D eigenvalue weighted by Gasteiger charge is 2.34. The predicted molar refractivity (Wildman–Crippen MR) is 157 cm³/mol. The third-order valence-electron chi connectivity index (χ3n) is 7.57. The molecule has 208 valence electrons. The number of piperazine rings is 1. The van der Waals surface area contributed by atoms with E-state index in [0.29, 0.717) is 24.0 Å². The van der Waals surface area contributed by atoms with Gasteiger partial charge in [-0.25, -0.2) is 8.42 Å². The van der Waals surface area contributed by atoms with Gasteiger partial charge in [0.2, 0.25) is 10.0 Å². The van der Waals surface area contributed by atoms with Crippen molar-refractivity contribution in [2.45, 2.75) is 29.9 Å². The van der Waals surface area contributed by atoms with Gasteiger partial charge in [0.05, 0.1) is 27.1 Å². The first kappa shape index (κ1) is 28.6. The third kappa shape index (κ3) is 7.22. The largest absolute Gasteiger partial charge is 0.390 e. The monoisotopic (exact) mass is 587 g/mol. The fraction of sp³-hybridized carbons (Fsp3) is 0.400. The average molecular weight is 589 g/mol. The van der Waals surface area contributed by atoms with Crippen LogP contribution in [0, 0.1) is 5.92 Å². The van der Waals surface area contributed by atoms with Crippen LogP contribution in [-0.4, -0.2) is 79.5 Å². The molecule has 3 aromatic rings. The molecule has 1 aliphatic carbocycles. The maximum absolute atomic E-state index is 13.5. The molecule has 0 amide bonds. The molecule has 1 N–H and O–H groups in total. The van der Waals surface area contributed by atoms with Gasteiger partial charge in [-0.05, 0) is 48.1 Å². The first-order valence-electron chi connectivity index (χ1n) is 13.5. The SMILES string of the molecule is O=S(=O)(c1ccc(Cl)c(Cl)c1)N(CC1CC1)C[C@@H](O)CN1CCN(C(c2ccccc2)c2ccccc2)CC1. The Bertz CT molecular complexity index is 1290. The molecule has 1 saturated carbocycles. The molecule has 1 atom stereocenters. The molecule has 1 aliphatic heterocycles. The number of sulfonamides is 1. The minimum atomic E-state index is -3.81. The van der Waals surface area contributed by atoms with E-state index in [1.54, 1.807) is 0 Å². The maximum Gasteiger partial charge on any atom is 0.243 e. The van der Waals surface area contributed by atoms with Crippen LogP contribution < -0.4 is 0 Å². The molecule has 0 bridgehead atoms. The molecule has 0 unspecified atom stereocenters. The second-order valence-electron chi connectivity index (χ2n) is 10.6. The number of rotatable bonds is 11. The number of nitrogens with zero attached hydrogens (tertiary/aromatic N) is 3. The molecule has 0 spiro atoms. The fourth-order valence-corrected chi connectivity index (χ4v) is 7.27. The van der Waals surface area contributed by atoms with E-state index >= 15 is 0 Å². The number of hydrogen-bond acceptors (Lipinski definition) is 5. The quantitative estimate of drug-likeness (QED) is 0.335. The van der Waals surface area contributed by atoms with Crippen LogP contribution in [0.2, 0.25) is 10.0 Å². The Morgan fingerprint density at radius 2 is 1.44 bits per heavy atom. The minimum absolute atomic E-state index is 0.0515. The van der Waals surface area contributed by atoms with Crippen molar-refractivity contribution in [1.82, 2.24) is 14.1 Å². The van der Waals surface area contributed by atoms with Crippen LogP contribution >= 0.6 is 23.2 Å². The summed E-state index contributed by atoms with van der Waals surface area (Å²) in [4.78, 5) is 4.82. The Kier molecular flexibility index (Phi) is 9.29. The zero-order valence-electron chi connectivity index (χ0n) is 21.9. The van der Waals surface area contributed by atoms with E-state index < -0.39 is 16.1 Å². The van der Waals surface area contributed by atoms with Crippen molar-refractivity contribution in [3.05, 3.63) is 100 Å². The van der Waals surface area contributed by atoms with Crippen LogP contribution in [0.25, 0.3) is 0 Å². The predicted octanol–water partition coefficient (Wildman–Crippen LogP) is 5.16. The molecule has 5 rings (SSSR count). The lowest BCUT2D eigenvalue weighted by Crippen LogP contribution is -2.51. The highest BCUT2D eigenvalue weighted by molar-refractivity contribution is 7.89. The zero-order chi connectivity index (χ0) is 27.4. The van der Waals surface area contributed by atoms with E-state index in [2.05, 4.69) is 58.3 Å². The van der Waals surface area contributed by atoms with Crippen molar-refractivity contribution in [3.63, 3.8) is 0 Å². The highest BCUT2D eigenvalue weighted by Crippen LogP contribution is 2.33. The number of aliphatic hydroxyl groups is 1. The van der Waals surface area contributed by atoms with Crippen LogP contribution in [0.4, 0.5) is 0 Å². The first-order chi connectivity index (χ1) is 18.8. The number of β-amino-alcohol motifs (C(OH)–C–C–N with tert-alkyl or cyclic N) is 1. The summed E-state index contributed by atoms with van der Waals surface area (Å²) >= 11 is 12.1. The van der Waals surface area contributed by atoms with Crippen LogP contribution in [0.5, 0.6) is 0 Å². The van der Waals surface area contributed by atoms with Gasteiger partial charge >= 0.3 is 0 Å². The second-order valence-corrected chi connectivity index (χ2v) is 13.3. The van der Waals surface area contributed by atoms with E-state index in [0.717, 1.165) is 39.0 Å². The van der Waals surface area contributed by atoms with Crippen molar-refractivity contribution in [2.75, 3.05) is 45.8 Å². The molecule has 1 heterocycles. The van der Waals surface area contributed by atoms with Gasteiger partial charge in [-0.2, -0.15) is 4.31 Å². The van der Waals surface area contributed by atoms with Crippen molar-refractivity contribution in [3.8, 4) is 0 Å². The normalized spacial score (nSPS) is 18.1. The zero-order valence-corrected chi connectivity index (χ0v) is 24.2. The maximum atomic E-state index is 13.5. The summed E-state index contributed by atoms with van der Waals surface area (Å²) in [5, 5.41) is 11.5. The Balaban J connectivity index is 1.22. The molecule has 0 radical (unpaired) electrons. The third-order valence-corrected chi connectivity index (χ3v) is 10.1. The second kappa shape index (κ2) is 12.7. The van der Waals surface area contributed by atoms with Gasteiger partial charge in [-0.3, -0.25) is 9.80 Å². The van der Waals surface area contributed by atoms with E-state index in [1.807, 2.05) is 12.1 Å². The summed E-state index contributed by atoms with van der Waals surface area (Å²) in [6, 6.07) is 25.7. The molecule has 2 fully saturated rings. The van der Waals surface area contributed by atoms with E-state index in [4.69, 9.17) is 23.2 Å². The van der Waals surface area contributed by atoms with Crippen LogP contribution in [0.1, 0.15) is 30.0 Å². The summed E-state index contributed by atoms with van der Waals surface area (Å²) in [5.41, 5.74) is 2.53. The van der Waals surface area contributed by atoms with Gasteiger partial charge in [0.15, 0.2) is 0 Å². The molecule has 39 heavy (non-hydrogen) atoms. The van der Waals surface area contributed by atoms with Gasteiger partial charge in [-0.1, -0.05) is 83.9 Å². The number of benzene rings is 3. The lowest BCUT2D eigenvalue weighted by atomic mass is 9.96. The van der Waals surface area contributed by atoms with Crippen molar-refractivity contribution in [1.29, 1.82) is 0 Å². The Hall–Kier alpha value is -1.97. The van der Waals surface area contributed by atoms with Crippen LogP contribution in [0.15, 0.2) is 83.8 Å². The standard InChI is InChI=1S/C30H35Cl2N3O3S/c31-28-14-13-27(19-29(28)32)39(37,38)35(20-23-11-12-23)22-26(36)21-33-15-17-34(18-16-33)30(24-7-3-1-4-8-24)25-9-5-2-6-10-25/h1-10,13-14,19,23,26,30,36H,11-12,15-18,20-22H2/t26-/m0/s1. The number of hydrogen-bond donors (Lipinski definition) is 1. The van der Waals surface area contributed by atoms with Crippen molar-refractivity contribution >= 4 is 33.2 Å². The fourth-order valence-electron chi connectivity index (χ4n) is 5.33. The molecule has 6 nitrogen and oxygen atoms in total. The summed E-state index contributed by atoms with van der Waals surface area (Å²) in [7, 11) is -3.81. The van der Waals surface area contributed by atoms with E-state index in [9.17, 15) is 13.5 Å². The molecular formula is C30H35Cl2N3O3S. The lowest BCUT2D eigenvalue weighted by molar-refractivity contribution is 0.0544. The molecular weight excluding hydrogens is 553 g/mol. The van der Waals surface area contributed by atoms with Crippen molar-refractivity contribution < 1.29 is 13.5 Å². The van der Waals surface area contributed by atoms with Gasteiger partial charge in [0.25, 0.3) is 0 Å². The molecule has 3 aromatic carbocycles. The van der Waals surface area contributed by atoms with Gasteiger partial charge in [-0.15, -0.1) is 0 Å². The van der Waals surface area contributed by atoms with Gasteiger partial charge in [0.1, 0.15) is 0 Å². The van der Waals surface area contributed by atoms with E-state index in [1.165, 1.54) is 33.6 Å². The number of halogens is 2. The van der Waals surface area contributed by atoms with Crippen molar-refractivity contribution in [2.24, 2.45) is 5.92 Å². The Morgan fingerprint density at radius 3 is 1.97 bits per heavy atom. The van der Waals surface area contributed by atoms with Gasteiger partial charge in [0, 0.05) is 45.8 Å².